The molecule has 0 aromatic heterocycles. The van der Waals surface area contributed by atoms with Crippen LogP contribution in [0.4, 0.5) is 0 Å². The average molecular weight is 488 g/mol. The Kier molecular flexibility index (Phi) is 10.3. The lowest BCUT2D eigenvalue weighted by molar-refractivity contribution is 0.198. The van der Waals surface area contributed by atoms with Crippen LogP contribution < -0.4 is 5.32 Å². The van der Waals surface area contributed by atoms with E-state index in [-0.39, 0.29) is 29.7 Å². The van der Waals surface area contributed by atoms with Gasteiger partial charge >= 0.3 is 0 Å². The maximum atomic E-state index is 12.2. The fourth-order valence-corrected chi connectivity index (χ4v) is 4.82. The largest absolute Gasteiger partial charge is 0.355 e. The van der Waals surface area contributed by atoms with Crippen LogP contribution in [0.3, 0.4) is 0 Å². The summed E-state index contributed by atoms with van der Waals surface area (Å²) in [6.07, 6.45) is 2.29. The Morgan fingerprint density at radius 2 is 1.84 bits per heavy atom. The second-order valence-corrected chi connectivity index (χ2v) is 10.3. The molecule has 25 heavy (non-hydrogen) atoms. The molecule has 0 bridgehead atoms. The standard InChI is InChI=1S/C17H36N4O2S.HI/c1-8-14(9-2)15(20(6)7)12-19-16(18-5)21-10-11-24(22,23)17(3,4)13-21;/h14-15H,8-13H2,1-7H3,(H,18,19);1H. The van der Waals surface area contributed by atoms with Crippen molar-refractivity contribution in [3.05, 3.63) is 0 Å². The van der Waals surface area contributed by atoms with Crippen LogP contribution in [0.15, 0.2) is 4.99 Å². The fourth-order valence-electron chi connectivity index (χ4n) is 3.46. The molecule has 1 saturated heterocycles. The van der Waals surface area contributed by atoms with E-state index in [9.17, 15) is 8.42 Å². The molecule has 0 aromatic rings. The van der Waals surface area contributed by atoms with E-state index < -0.39 is 14.6 Å². The maximum absolute atomic E-state index is 12.2. The highest BCUT2D eigenvalue weighted by Gasteiger charge is 2.41. The van der Waals surface area contributed by atoms with Crippen molar-refractivity contribution in [3.63, 3.8) is 0 Å². The number of hydrogen-bond acceptors (Lipinski definition) is 4. The monoisotopic (exact) mass is 488 g/mol. The molecule has 1 unspecified atom stereocenters. The molecule has 6 nitrogen and oxygen atoms in total. The number of rotatable bonds is 6. The van der Waals surface area contributed by atoms with E-state index in [1.165, 1.54) is 0 Å². The highest BCUT2D eigenvalue weighted by atomic mass is 127. The van der Waals surface area contributed by atoms with Gasteiger partial charge in [-0.25, -0.2) is 8.42 Å². The van der Waals surface area contributed by atoms with Crippen molar-refractivity contribution >= 4 is 39.8 Å². The van der Waals surface area contributed by atoms with Crippen LogP contribution in [0.25, 0.3) is 0 Å². The van der Waals surface area contributed by atoms with Crippen molar-refractivity contribution in [2.75, 3.05) is 46.5 Å². The summed E-state index contributed by atoms with van der Waals surface area (Å²) in [6.45, 7) is 9.86. The Bertz CT molecular complexity index is 531. The van der Waals surface area contributed by atoms with Crippen molar-refractivity contribution in [3.8, 4) is 0 Å². The average Bonchev–Trinajstić information content (AvgIpc) is 2.50. The van der Waals surface area contributed by atoms with Crippen LogP contribution >= 0.6 is 24.0 Å². The molecule has 150 valence electrons. The molecule has 0 aliphatic carbocycles. The molecule has 0 spiro atoms. The summed E-state index contributed by atoms with van der Waals surface area (Å²) in [5.74, 6) is 1.62. The summed E-state index contributed by atoms with van der Waals surface area (Å²) in [5, 5.41) is 3.47. The SMILES string of the molecule is CCC(CC)C(CNC(=NC)N1CCS(=O)(=O)C(C)(C)C1)N(C)C.I. The van der Waals surface area contributed by atoms with Gasteiger partial charge in [0.05, 0.1) is 10.5 Å². The number of aliphatic imine (C=N–C) groups is 1. The van der Waals surface area contributed by atoms with Crippen LogP contribution in [0.1, 0.15) is 40.5 Å². The van der Waals surface area contributed by atoms with Crippen molar-refractivity contribution < 1.29 is 8.42 Å². The molecule has 1 fully saturated rings. The van der Waals surface area contributed by atoms with Crippen molar-refractivity contribution in [2.24, 2.45) is 10.9 Å². The molecule has 1 aliphatic heterocycles. The number of nitrogens with one attached hydrogen (secondary N) is 1. The molecule has 0 radical (unpaired) electrons. The number of hydrogen-bond donors (Lipinski definition) is 1. The van der Waals surface area contributed by atoms with Crippen LogP contribution in [-0.2, 0) is 9.84 Å². The first-order valence-electron chi connectivity index (χ1n) is 8.94. The van der Waals surface area contributed by atoms with Crippen molar-refractivity contribution in [1.29, 1.82) is 0 Å². The number of nitrogens with zero attached hydrogens (tertiary/aromatic N) is 3. The highest BCUT2D eigenvalue weighted by Crippen LogP contribution is 2.24. The third-order valence-electron chi connectivity index (χ3n) is 5.28. The predicted molar refractivity (Wildman–Crippen MR) is 118 cm³/mol. The Morgan fingerprint density at radius 3 is 2.24 bits per heavy atom. The highest BCUT2D eigenvalue weighted by molar-refractivity contribution is 14.0. The molecule has 1 aliphatic rings. The number of likely N-dealkylation sites (N-methyl/N-ethyl adjacent to an activating group) is 1. The molecule has 1 heterocycles. The minimum Gasteiger partial charge on any atom is -0.355 e. The number of sulfone groups is 1. The quantitative estimate of drug-likeness (QED) is 0.352. The summed E-state index contributed by atoms with van der Waals surface area (Å²) >= 11 is 0. The third-order valence-corrected chi connectivity index (χ3v) is 7.81. The zero-order chi connectivity index (χ0) is 18.5. The lowest BCUT2D eigenvalue weighted by atomic mass is 9.93. The molecule has 1 rings (SSSR count). The van der Waals surface area contributed by atoms with E-state index in [2.05, 4.69) is 48.1 Å². The Hall–Kier alpha value is -0.0900. The molecule has 1 N–H and O–H groups in total. The first-order valence-corrected chi connectivity index (χ1v) is 10.6. The van der Waals surface area contributed by atoms with Crippen LogP contribution in [0.2, 0.25) is 0 Å². The van der Waals surface area contributed by atoms with Crippen LogP contribution in [0.5, 0.6) is 0 Å². The second-order valence-electron chi connectivity index (χ2n) is 7.54. The molecule has 1 atom stereocenters. The Balaban J connectivity index is 0.00000576. The van der Waals surface area contributed by atoms with Crippen LogP contribution in [0, 0.1) is 5.92 Å². The molecule has 0 amide bonds. The fraction of sp³-hybridized carbons (Fsp3) is 0.941. The lowest BCUT2D eigenvalue weighted by Gasteiger charge is -2.40. The van der Waals surface area contributed by atoms with Gasteiger partial charge in [-0.05, 0) is 33.9 Å². The smallest absolute Gasteiger partial charge is 0.193 e. The van der Waals surface area contributed by atoms with Crippen LogP contribution in [-0.4, -0.2) is 81.5 Å². The van der Waals surface area contributed by atoms with Gasteiger partial charge in [0.15, 0.2) is 15.8 Å². The van der Waals surface area contributed by atoms with E-state index in [0.29, 0.717) is 25.0 Å². The van der Waals surface area contributed by atoms with E-state index in [4.69, 9.17) is 0 Å². The van der Waals surface area contributed by atoms with Gasteiger partial charge in [0.1, 0.15) is 0 Å². The minimum atomic E-state index is -3.03. The lowest BCUT2D eigenvalue weighted by Crippen LogP contribution is -2.58. The molecule has 8 heteroatoms. The van der Waals surface area contributed by atoms with E-state index in [1.807, 2.05) is 0 Å². The molecule has 0 aromatic carbocycles. The summed E-state index contributed by atoms with van der Waals surface area (Å²) < 4.78 is 23.6. The Morgan fingerprint density at radius 1 is 1.28 bits per heavy atom. The van der Waals surface area contributed by atoms with E-state index >= 15 is 0 Å². The normalized spacial score (nSPS) is 21.2. The summed E-state index contributed by atoms with van der Waals surface area (Å²) in [6, 6.07) is 0.429. The van der Waals surface area contributed by atoms with Gasteiger partial charge in [-0.1, -0.05) is 26.7 Å². The van der Waals surface area contributed by atoms with Crippen molar-refractivity contribution in [2.45, 2.75) is 51.3 Å². The van der Waals surface area contributed by atoms with Gasteiger partial charge in [-0.15, -0.1) is 24.0 Å². The number of halogens is 1. The summed E-state index contributed by atoms with van der Waals surface area (Å²) in [7, 11) is 2.96. The van der Waals surface area contributed by atoms with Gasteiger partial charge < -0.3 is 15.1 Å². The van der Waals surface area contributed by atoms with Gasteiger partial charge in [-0.3, -0.25) is 4.99 Å². The second kappa shape index (κ2) is 10.3. The summed E-state index contributed by atoms with van der Waals surface area (Å²) in [4.78, 5) is 8.72. The maximum Gasteiger partial charge on any atom is 0.193 e. The van der Waals surface area contributed by atoms with Crippen molar-refractivity contribution in [1.82, 2.24) is 15.1 Å². The van der Waals surface area contributed by atoms with Gasteiger partial charge in [-0.2, -0.15) is 0 Å². The molecule has 0 saturated carbocycles. The zero-order valence-electron chi connectivity index (χ0n) is 16.9. The van der Waals surface area contributed by atoms with Gasteiger partial charge in [0.2, 0.25) is 0 Å². The Labute approximate surface area is 171 Å². The number of guanidine groups is 1. The third kappa shape index (κ3) is 6.23. The van der Waals surface area contributed by atoms with E-state index in [0.717, 1.165) is 25.3 Å². The zero-order valence-corrected chi connectivity index (χ0v) is 20.0. The first-order chi connectivity index (χ1) is 11.1. The predicted octanol–water partition coefficient (Wildman–Crippen LogP) is 2.06. The van der Waals surface area contributed by atoms with Gasteiger partial charge in [0, 0.05) is 32.7 Å². The van der Waals surface area contributed by atoms with Gasteiger partial charge in [0.25, 0.3) is 0 Å². The summed E-state index contributed by atoms with van der Waals surface area (Å²) in [5.41, 5.74) is 0. The minimum absolute atomic E-state index is 0. The van der Waals surface area contributed by atoms with E-state index in [1.54, 1.807) is 20.9 Å². The molecular formula is C17H37IN4O2S. The first kappa shape index (κ1) is 24.9. The molecular weight excluding hydrogens is 451 g/mol. The topological polar surface area (TPSA) is 65.0 Å².